The Labute approximate surface area is 167 Å². The molecule has 0 bridgehead atoms. The fourth-order valence-electron chi connectivity index (χ4n) is 3.02. The van der Waals surface area contributed by atoms with Crippen molar-refractivity contribution < 1.29 is 24.4 Å². The molecule has 2 N–H and O–H groups in total. The SMILES string of the molecule is COc1cc(CN(C)CC(O)COc2ccc(C)cc2C)ccc1OCCO. The second-order valence-electron chi connectivity index (χ2n) is 6.99. The molecule has 2 rings (SSSR count). The molecule has 0 heterocycles. The van der Waals surface area contributed by atoms with E-state index < -0.39 is 6.10 Å². The highest BCUT2D eigenvalue weighted by molar-refractivity contribution is 5.43. The van der Waals surface area contributed by atoms with E-state index in [1.165, 1.54) is 5.56 Å². The van der Waals surface area contributed by atoms with Crippen molar-refractivity contribution >= 4 is 0 Å². The summed E-state index contributed by atoms with van der Waals surface area (Å²) in [6.07, 6.45) is -0.597. The first kappa shape index (κ1) is 22.0. The lowest BCUT2D eigenvalue weighted by molar-refractivity contribution is 0.0741. The van der Waals surface area contributed by atoms with E-state index in [1.807, 2.05) is 56.1 Å². The molecule has 0 fully saturated rings. The van der Waals surface area contributed by atoms with Crippen LogP contribution in [0.15, 0.2) is 36.4 Å². The van der Waals surface area contributed by atoms with Crippen LogP contribution in [0.2, 0.25) is 0 Å². The summed E-state index contributed by atoms with van der Waals surface area (Å²) in [5, 5.41) is 19.2. The van der Waals surface area contributed by atoms with Crippen molar-refractivity contribution in [3.8, 4) is 17.2 Å². The maximum absolute atomic E-state index is 10.3. The Morgan fingerprint density at radius 2 is 1.75 bits per heavy atom. The molecule has 0 saturated heterocycles. The van der Waals surface area contributed by atoms with Crippen molar-refractivity contribution in [2.24, 2.45) is 0 Å². The van der Waals surface area contributed by atoms with Gasteiger partial charge >= 0.3 is 0 Å². The third-order valence-electron chi connectivity index (χ3n) is 4.31. The number of aryl methyl sites for hydroxylation is 2. The number of ether oxygens (including phenoxy) is 3. The van der Waals surface area contributed by atoms with E-state index in [-0.39, 0.29) is 19.8 Å². The van der Waals surface area contributed by atoms with Crippen molar-refractivity contribution in [1.82, 2.24) is 4.90 Å². The van der Waals surface area contributed by atoms with Gasteiger partial charge in [0.25, 0.3) is 0 Å². The maximum atomic E-state index is 10.3. The summed E-state index contributed by atoms with van der Waals surface area (Å²) >= 11 is 0. The van der Waals surface area contributed by atoms with Gasteiger partial charge in [0.15, 0.2) is 11.5 Å². The van der Waals surface area contributed by atoms with Crippen LogP contribution in [0.3, 0.4) is 0 Å². The number of rotatable bonds is 11. The molecule has 6 heteroatoms. The van der Waals surface area contributed by atoms with E-state index in [2.05, 4.69) is 6.07 Å². The van der Waals surface area contributed by atoms with Crippen LogP contribution >= 0.6 is 0 Å². The van der Waals surface area contributed by atoms with Crippen LogP contribution in [0.5, 0.6) is 17.2 Å². The number of hydrogen-bond donors (Lipinski definition) is 2. The van der Waals surface area contributed by atoms with Gasteiger partial charge in [0.2, 0.25) is 0 Å². The lowest BCUT2D eigenvalue weighted by Gasteiger charge is -2.22. The van der Waals surface area contributed by atoms with Gasteiger partial charge in [0, 0.05) is 13.1 Å². The molecule has 1 unspecified atom stereocenters. The lowest BCUT2D eigenvalue weighted by atomic mass is 10.1. The van der Waals surface area contributed by atoms with Crippen LogP contribution in [0.4, 0.5) is 0 Å². The molecule has 0 aromatic heterocycles. The highest BCUT2D eigenvalue weighted by atomic mass is 16.5. The van der Waals surface area contributed by atoms with Crippen LogP contribution in [0, 0.1) is 13.8 Å². The third kappa shape index (κ3) is 6.71. The fraction of sp³-hybridized carbons (Fsp3) is 0.455. The number of aliphatic hydroxyl groups excluding tert-OH is 2. The predicted octanol–water partition coefficient (Wildman–Crippen LogP) is 2.55. The topological polar surface area (TPSA) is 71.4 Å². The minimum atomic E-state index is -0.597. The molecule has 154 valence electrons. The van der Waals surface area contributed by atoms with Crippen LogP contribution in [-0.2, 0) is 6.54 Å². The second-order valence-corrected chi connectivity index (χ2v) is 6.99. The Morgan fingerprint density at radius 3 is 2.43 bits per heavy atom. The highest BCUT2D eigenvalue weighted by Crippen LogP contribution is 2.28. The molecule has 0 radical (unpaired) electrons. The van der Waals surface area contributed by atoms with E-state index in [4.69, 9.17) is 19.3 Å². The molecule has 0 aliphatic heterocycles. The number of benzene rings is 2. The van der Waals surface area contributed by atoms with Gasteiger partial charge in [-0.25, -0.2) is 0 Å². The monoisotopic (exact) mass is 389 g/mol. The van der Waals surface area contributed by atoms with E-state index in [1.54, 1.807) is 7.11 Å². The van der Waals surface area contributed by atoms with Gasteiger partial charge in [-0.1, -0.05) is 23.8 Å². The van der Waals surface area contributed by atoms with E-state index >= 15 is 0 Å². The molecular formula is C22H31NO5. The van der Waals surface area contributed by atoms with Crippen LogP contribution in [-0.4, -0.2) is 61.7 Å². The Bertz CT molecular complexity index is 750. The molecule has 0 amide bonds. The summed E-state index contributed by atoms with van der Waals surface area (Å²) < 4.78 is 16.6. The summed E-state index contributed by atoms with van der Waals surface area (Å²) in [4.78, 5) is 2.03. The minimum absolute atomic E-state index is 0.0459. The number of methoxy groups -OCH3 is 1. The zero-order valence-corrected chi connectivity index (χ0v) is 17.1. The summed E-state index contributed by atoms with van der Waals surface area (Å²) in [5.74, 6) is 2.03. The first-order valence-electron chi connectivity index (χ1n) is 9.40. The number of nitrogens with zero attached hydrogens (tertiary/aromatic N) is 1. The first-order valence-corrected chi connectivity index (χ1v) is 9.40. The molecular weight excluding hydrogens is 358 g/mol. The summed E-state index contributed by atoms with van der Waals surface area (Å²) in [6.45, 7) is 5.60. The quantitative estimate of drug-likeness (QED) is 0.616. The van der Waals surface area contributed by atoms with E-state index in [0.29, 0.717) is 24.6 Å². The van der Waals surface area contributed by atoms with Crippen LogP contribution < -0.4 is 14.2 Å². The smallest absolute Gasteiger partial charge is 0.161 e. The zero-order chi connectivity index (χ0) is 20.5. The molecule has 2 aromatic rings. The van der Waals surface area contributed by atoms with Gasteiger partial charge in [0.1, 0.15) is 25.1 Å². The Balaban J connectivity index is 1.86. The van der Waals surface area contributed by atoms with Crippen molar-refractivity contribution in [1.29, 1.82) is 0 Å². The maximum Gasteiger partial charge on any atom is 0.161 e. The third-order valence-corrected chi connectivity index (χ3v) is 4.31. The van der Waals surface area contributed by atoms with Crippen molar-refractivity contribution in [2.45, 2.75) is 26.5 Å². The molecule has 6 nitrogen and oxygen atoms in total. The van der Waals surface area contributed by atoms with E-state index in [9.17, 15) is 5.11 Å². The second kappa shape index (κ2) is 10.9. The highest BCUT2D eigenvalue weighted by Gasteiger charge is 2.12. The first-order chi connectivity index (χ1) is 13.4. The predicted molar refractivity (Wildman–Crippen MR) is 109 cm³/mol. The molecule has 28 heavy (non-hydrogen) atoms. The normalized spacial score (nSPS) is 12.1. The standard InChI is InChI=1S/C22H31NO5/c1-16-5-7-20(17(2)11-16)28-15-19(25)14-23(3)13-18-6-8-21(27-10-9-24)22(12-18)26-4/h5-8,11-12,19,24-25H,9-10,13-15H2,1-4H3. The fourth-order valence-corrected chi connectivity index (χ4v) is 3.02. The van der Waals surface area contributed by atoms with Gasteiger partial charge < -0.3 is 24.4 Å². The molecule has 1 atom stereocenters. The van der Waals surface area contributed by atoms with Gasteiger partial charge in [0.05, 0.1) is 13.7 Å². The van der Waals surface area contributed by atoms with Crippen molar-refractivity contribution in [3.63, 3.8) is 0 Å². The average molecular weight is 389 g/mol. The molecule has 0 aliphatic carbocycles. The molecule has 2 aromatic carbocycles. The van der Waals surface area contributed by atoms with Crippen LogP contribution in [0.1, 0.15) is 16.7 Å². The molecule has 0 saturated carbocycles. The Morgan fingerprint density at radius 1 is 1.00 bits per heavy atom. The molecule has 0 spiro atoms. The van der Waals surface area contributed by atoms with E-state index in [0.717, 1.165) is 16.9 Å². The number of likely N-dealkylation sites (N-methyl/N-ethyl adjacent to an activating group) is 1. The number of hydrogen-bond acceptors (Lipinski definition) is 6. The lowest BCUT2D eigenvalue weighted by Crippen LogP contribution is -2.32. The summed E-state index contributed by atoms with van der Waals surface area (Å²) in [7, 11) is 3.53. The van der Waals surface area contributed by atoms with Crippen molar-refractivity contribution in [2.75, 3.05) is 40.5 Å². The van der Waals surface area contributed by atoms with Gasteiger partial charge in [-0.15, -0.1) is 0 Å². The molecule has 0 aliphatic rings. The Hall–Kier alpha value is -2.28. The minimum Gasteiger partial charge on any atom is -0.493 e. The van der Waals surface area contributed by atoms with Gasteiger partial charge in [-0.3, -0.25) is 4.90 Å². The zero-order valence-electron chi connectivity index (χ0n) is 17.1. The van der Waals surface area contributed by atoms with Crippen molar-refractivity contribution in [3.05, 3.63) is 53.1 Å². The summed E-state index contributed by atoms with van der Waals surface area (Å²) in [6, 6.07) is 11.7. The van der Waals surface area contributed by atoms with Gasteiger partial charge in [-0.2, -0.15) is 0 Å². The van der Waals surface area contributed by atoms with Crippen LogP contribution in [0.25, 0.3) is 0 Å². The van der Waals surface area contributed by atoms with Gasteiger partial charge in [-0.05, 0) is 50.2 Å². The number of aliphatic hydroxyl groups is 2. The summed E-state index contributed by atoms with van der Waals surface area (Å²) in [5.41, 5.74) is 3.29. The largest absolute Gasteiger partial charge is 0.493 e. The Kier molecular flexibility index (Phi) is 8.57. The average Bonchev–Trinajstić information content (AvgIpc) is 2.66.